The zero-order valence-corrected chi connectivity index (χ0v) is 17.3. The zero-order valence-electron chi connectivity index (χ0n) is 17.3. The van der Waals surface area contributed by atoms with Gasteiger partial charge >= 0.3 is 0 Å². The number of hydrogen-bond donors (Lipinski definition) is 1. The molecule has 2 aliphatic heterocycles. The molecule has 2 aliphatic rings. The van der Waals surface area contributed by atoms with Crippen LogP contribution in [0.15, 0.2) is 42.5 Å². The lowest BCUT2D eigenvalue weighted by atomic mass is 10.1. The Bertz CT molecular complexity index is 1160. The number of imidazole rings is 1. The first-order valence-electron chi connectivity index (χ1n) is 10.5. The number of benzene rings is 2. The number of hydrogen-bond acceptors (Lipinski definition) is 5. The molecule has 0 bridgehead atoms. The fraction of sp³-hybridized carbons (Fsp3) is 0.348. The number of anilines is 1. The molecular weight excluding hydrogens is 396 g/mol. The van der Waals surface area contributed by atoms with E-state index < -0.39 is 0 Å². The summed E-state index contributed by atoms with van der Waals surface area (Å²) in [6, 6.07) is 13.4. The molecule has 3 aromatic rings. The summed E-state index contributed by atoms with van der Waals surface area (Å²) in [5, 5.41) is 2.99. The van der Waals surface area contributed by atoms with E-state index in [1.54, 1.807) is 11.0 Å². The number of nitrogens with zero attached hydrogens (tertiary/aromatic N) is 3. The van der Waals surface area contributed by atoms with Gasteiger partial charge in [-0.2, -0.15) is 0 Å². The van der Waals surface area contributed by atoms with E-state index in [0.29, 0.717) is 44.3 Å². The summed E-state index contributed by atoms with van der Waals surface area (Å²) >= 11 is 0. The summed E-state index contributed by atoms with van der Waals surface area (Å²) in [5.74, 6) is 1.69. The number of carbonyl (C=O) groups is 2. The maximum atomic E-state index is 12.7. The van der Waals surface area contributed by atoms with E-state index in [4.69, 9.17) is 9.47 Å². The average Bonchev–Trinajstić information content (AvgIpc) is 3.33. The molecule has 3 heterocycles. The number of aromatic nitrogens is 2. The van der Waals surface area contributed by atoms with Gasteiger partial charge in [0, 0.05) is 37.8 Å². The molecule has 2 aromatic carbocycles. The van der Waals surface area contributed by atoms with Gasteiger partial charge in [-0.25, -0.2) is 4.98 Å². The summed E-state index contributed by atoms with van der Waals surface area (Å²) in [7, 11) is 0. The van der Waals surface area contributed by atoms with Gasteiger partial charge in [0.1, 0.15) is 19.0 Å². The summed E-state index contributed by atoms with van der Waals surface area (Å²) in [4.78, 5) is 31.5. The Hall–Kier alpha value is -3.55. The van der Waals surface area contributed by atoms with Crippen molar-refractivity contribution in [1.29, 1.82) is 0 Å². The second kappa shape index (κ2) is 7.94. The lowest BCUT2D eigenvalue weighted by molar-refractivity contribution is -0.126. The van der Waals surface area contributed by atoms with Crippen LogP contribution in [-0.2, 0) is 16.1 Å². The predicted molar refractivity (Wildman–Crippen MR) is 115 cm³/mol. The number of para-hydroxylation sites is 2. The van der Waals surface area contributed by atoms with Gasteiger partial charge < -0.3 is 24.3 Å². The third kappa shape index (κ3) is 3.69. The van der Waals surface area contributed by atoms with E-state index in [0.717, 1.165) is 22.5 Å². The van der Waals surface area contributed by atoms with Crippen LogP contribution >= 0.6 is 0 Å². The lowest BCUT2D eigenvalue weighted by Gasteiger charge is -2.22. The Kier molecular flexibility index (Phi) is 4.97. The molecule has 1 unspecified atom stereocenters. The molecule has 0 saturated carbocycles. The highest BCUT2D eigenvalue weighted by Gasteiger charge is 2.35. The SMILES string of the molecule is Cc1nc2ccccc2n1CCNC(=O)C1CC(=O)N(c2ccc3c(c2)OCCO3)C1. The van der Waals surface area contributed by atoms with Gasteiger partial charge in [0.15, 0.2) is 11.5 Å². The summed E-state index contributed by atoms with van der Waals surface area (Å²) in [5.41, 5.74) is 2.72. The minimum atomic E-state index is -0.374. The van der Waals surface area contributed by atoms with Crippen molar-refractivity contribution in [3.05, 3.63) is 48.3 Å². The molecule has 1 N–H and O–H groups in total. The van der Waals surface area contributed by atoms with Crippen LogP contribution in [0.25, 0.3) is 11.0 Å². The highest BCUT2D eigenvalue weighted by molar-refractivity contribution is 6.00. The number of nitrogens with one attached hydrogen (secondary N) is 1. The largest absolute Gasteiger partial charge is 0.486 e. The van der Waals surface area contributed by atoms with Crippen molar-refractivity contribution in [2.45, 2.75) is 19.9 Å². The zero-order chi connectivity index (χ0) is 21.4. The Morgan fingerprint density at radius 2 is 1.97 bits per heavy atom. The van der Waals surface area contributed by atoms with E-state index in [2.05, 4.69) is 14.9 Å². The molecular formula is C23H24N4O4. The molecule has 1 aromatic heterocycles. The highest BCUT2D eigenvalue weighted by atomic mass is 16.6. The maximum Gasteiger partial charge on any atom is 0.227 e. The minimum Gasteiger partial charge on any atom is -0.486 e. The number of amides is 2. The Morgan fingerprint density at radius 1 is 1.16 bits per heavy atom. The number of ether oxygens (including phenoxy) is 2. The normalized spacial score (nSPS) is 17.9. The maximum absolute atomic E-state index is 12.7. The van der Waals surface area contributed by atoms with E-state index in [1.807, 2.05) is 43.3 Å². The Morgan fingerprint density at radius 3 is 2.84 bits per heavy atom. The predicted octanol–water partition coefficient (Wildman–Crippen LogP) is 2.29. The Balaban J connectivity index is 1.21. The van der Waals surface area contributed by atoms with E-state index >= 15 is 0 Å². The van der Waals surface area contributed by atoms with Crippen molar-refractivity contribution in [2.75, 3.05) is 31.2 Å². The highest BCUT2D eigenvalue weighted by Crippen LogP contribution is 2.36. The molecule has 31 heavy (non-hydrogen) atoms. The fourth-order valence-electron chi connectivity index (χ4n) is 4.25. The number of fused-ring (bicyclic) bond motifs is 2. The average molecular weight is 420 g/mol. The number of rotatable bonds is 5. The van der Waals surface area contributed by atoms with Gasteiger partial charge in [0.25, 0.3) is 0 Å². The van der Waals surface area contributed by atoms with E-state index in [9.17, 15) is 9.59 Å². The van der Waals surface area contributed by atoms with Gasteiger partial charge in [-0.15, -0.1) is 0 Å². The molecule has 0 spiro atoms. The van der Waals surface area contributed by atoms with Crippen molar-refractivity contribution >= 4 is 28.5 Å². The summed E-state index contributed by atoms with van der Waals surface area (Å²) in [6.45, 7) is 4.44. The standard InChI is InChI=1S/C23H24N4O4/c1-15-25-18-4-2-3-5-19(18)26(15)9-8-24-23(29)16-12-22(28)27(14-16)17-6-7-20-21(13-17)31-11-10-30-20/h2-7,13,16H,8-12,14H2,1H3,(H,24,29). The number of aryl methyl sites for hydroxylation is 1. The quantitative estimate of drug-likeness (QED) is 0.685. The first-order valence-corrected chi connectivity index (χ1v) is 10.5. The smallest absolute Gasteiger partial charge is 0.227 e. The van der Waals surface area contributed by atoms with Crippen molar-refractivity contribution in [3.8, 4) is 11.5 Å². The van der Waals surface area contributed by atoms with Crippen molar-refractivity contribution in [3.63, 3.8) is 0 Å². The monoisotopic (exact) mass is 420 g/mol. The van der Waals surface area contributed by atoms with Gasteiger partial charge in [-0.3, -0.25) is 9.59 Å². The van der Waals surface area contributed by atoms with Crippen LogP contribution < -0.4 is 19.7 Å². The second-order valence-corrected chi connectivity index (χ2v) is 7.82. The minimum absolute atomic E-state index is 0.0618. The van der Waals surface area contributed by atoms with Crippen LogP contribution in [0, 0.1) is 12.8 Å². The summed E-state index contributed by atoms with van der Waals surface area (Å²) in [6.07, 6.45) is 0.202. The lowest BCUT2D eigenvalue weighted by Crippen LogP contribution is -2.35. The second-order valence-electron chi connectivity index (χ2n) is 7.82. The van der Waals surface area contributed by atoms with Gasteiger partial charge in [0.05, 0.1) is 17.0 Å². The molecule has 1 fully saturated rings. The summed E-state index contributed by atoms with van der Waals surface area (Å²) < 4.78 is 13.2. The van der Waals surface area contributed by atoms with Crippen LogP contribution in [0.1, 0.15) is 12.2 Å². The Labute approximate surface area is 179 Å². The molecule has 1 saturated heterocycles. The molecule has 5 rings (SSSR count). The van der Waals surface area contributed by atoms with Crippen LogP contribution in [0.4, 0.5) is 5.69 Å². The van der Waals surface area contributed by atoms with Gasteiger partial charge in [0.2, 0.25) is 11.8 Å². The molecule has 8 heteroatoms. The third-order valence-corrected chi connectivity index (χ3v) is 5.81. The molecule has 1 atom stereocenters. The fourth-order valence-corrected chi connectivity index (χ4v) is 4.25. The molecule has 160 valence electrons. The van der Waals surface area contributed by atoms with Crippen LogP contribution in [0.5, 0.6) is 11.5 Å². The first-order chi connectivity index (χ1) is 15.1. The van der Waals surface area contributed by atoms with Crippen molar-refractivity contribution in [1.82, 2.24) is 14.9 Å². The van der Waals surface area contributed by atoms with E-state index in [1.165, 1.54) is 0 Å². The molecule has 8 nitrogen and oxygen atoms in total. The molecule has 2 amide bonds. The topological polar surface area (TPSA) is 85.7 Å². The first kappa shape index (κ1) is 19.4. The number of carbonyl (C=O) groups excluding carboxylic acids is 2. The van der Waals surface area contributed by atoms with Gasteiger partial charge in [-0.1, -0.05) is 12.1 Å². The van der Waals surface area contributed by atoms with Crippen molar-refractivity contribution < 1.29 is 19.1 Å². The van der Waals surface area contributed by atoms with Crippen LogP contribution in [0.2, 0.25) is 0 Å². The van der Waals surface area contributed by atoms with Crippen LogP contribution in [0.3, 0.4) is 0 Å². The third-order valence-electron chi connectivity index (χ3n) is 5.81. The van der Waals surface area contributed by atoms with E-state index in [-0.39, 0.29) is 24.2 Å². The molecule has 0 radical (unpaired) electrons. The van der Waals surface area contributed by atoms with Gasteiger partial charge in [-0.05, 0) is 31.2 Å². The van der Waals surface area contributed by atoms with Crippen molar-refractivity contribution in [2.24, 2.45) is 5.92 Å². The molecule has 0 aliphatic carbocycles. The van der Waals surface area contributed by atoms with Crippen LogP contribution in [-0.4, -0.2) is 47.7 Å².